The Hall–Kier alpha value is -2.57. The summed E-state index contributed by atoms with van der Waals surface area (Å²) in [6.45, 7) is 1.23. The number of benzene rings is 3. The van der Waals surface area contributed by atoms with Crippen molar-refractivity contribution in [2.75, 3.05) is 13.2 Å². The molecule has 3 aromatic rings. The van der Waals surface area contributed by atoms with Gasteiger partial charge in [-0.3, -0.25) is 0 Å². The van der Waals surface area contributed by atoms with Gasteiger partial charge in [-0.2, -0.15) is 0 Å². The molecule has 0 amide bonds. The van der Waals surface area contributed by atoms with E-state index >= 15 is 0 Å². The van der Waals surface area contributed by atoms with Gasteiger partial charge in [0.15, 0.2) is 5.82 Å². The highest BCUT2D eigenvalue weighted by Gasteiger charge is 2.45. The summed E-state index contributed by atoms with van der Waals surface area (Å²) in [5.41, 5.74) is 0. The average Bonchev–Trinajstić information content (AvgIpc) is 3.21. The Kier molecular flexibility index (Phi) is 4.54. The van der Waals surface area contributed by atoms with Crippen LogP contribution in [0, 0.1) is 0 Å². The third-order valence-corrected chi connectivity index (χ3v) is 8.30. The van der Waals surface area contributed by atoms with Gasteiger partial charge in [-0.05, 0) is 36.4 Å². The van der Waals surface area contributed by atoms with Crippen molar-refractivity contribution in [1.29, 1.82) is 0 Å². The van der Waals surface area contributed by atoms with Gasteiger partial charge in [-0.1, -0.05) is 54.6 Å². The molecule has 0 aliphatic carbocycles. The van der Waals surface area contributed by atoms with E-state index in [1.807, 2.05) is 0 Å². The number of hydrogen-bond donors (Lipinski definition) is 0. The van der Waals surface area contributed by atoms with Gasteiger partial charge in [0, 0.05) is 0 Å². The minimum absolute atomic E-state index is 0.615. The highest BCUT2D eigenvalue weighted by Crippen LogP contribution is 2.57. The monoisotopic (exact) mass is 347 g/mol. The molecule has 1 heterocycles. The van der Waals surface area contributed by atoms with Crippen LogP contribution in [-0.2, 0) is 9.47 Å². The Morgan fingerprint density at radius 1 is 0.560 bits per heavy atom. The van der Waals surface area contributed by atoms with Crippen molar-refractivity contribution in [3.05, 3.63) is 103 Å². The van der Waals surface area contributed by atoms with Gasteiger partial charge < -0.3 is 9.47 Å². The molecule has 25 heavy (non-hydrogen) atoms. The predicted octanol–water partition coefficient (Wildman–Crippen LogP) is 3.83. The zero-order valence-corrected chi connectivity index (χ0v) is 14.8. The van der Waals surface area contributed by atoms with E-state index in [4.69, 9.17) is 9.47 Å². The van der Waals surface area contributed by atoms with Crippen LogP contribution in [0.4, 0.5) is 0 Å². The number of rotatable bonds is 4. The van der Waals surface area contributed by atoms with Crippen LogP contribution in [0.2, 0.25) is 0 Å². The zero-order chi connectivity index (χ0) is 17.0. The molecule has 3 aromatic carbocycles. The van der Waals surface area contributed by atoms with Gasteiger partial charge in [0.2, 0.25) is 0 Å². The summed E-state index contributed by atoms with van der Waals surface area (Å²) in [6.07, 6.45) is 0. The topological polar surface area (TPSA) is 18.5 Å². The van der Waals surface area contributed by atoms with Crippen molar-refractivity contribution in [3.63, 3.8) is 0 Å². The second kappa shape index (κ2) is 7.13. The van der Waals surface area contributed by atoms with Crippen LogP contribution in [0.5, 0.6) is 0 Å². The molecule has 0 unspecified atom stereocenters. The van der Waals surface area contributed by atoms with E-state index in [1.165, 1.54) is 15.9 Å². The minimum Gasteiger partial charge on any atom is -0.459 e. The molecule has 124 valence electrons. The van der Waals surface area contributed by atoms with Gasteiger partial charge in [0.25, 0.3) is 0 Å². The lowest BCUT2D eigenvalue weighted by Crippen LogP contribution is -2.30. The molecule has 3 heteroatoms. The van der Waals surface area contributed by atoms with E-state index in [0.717, 1.165) is 0 Å². The van der Waals surface area contributed by atoms with E-state index in [-0.39, 0.29) is 0 Å². The molecule has 0 aromatic heterocycles. The SMILES string of the molecule is C(=C1OCCO1)[P+](c1ccccc1)(c1ccccc1)c1ccccc1. The Morgan fingerprint density at radius 2 is 0.920 bits per heavy atom. The molecule has 0 N–H and O–H groups in total. The first kappa shape index (κ1) is 15.9. The van der Waals surface area contributed by atoms with Crippen LogP contribution in [0.3, 0.4) is 0 Å². The Bertz CT molecular complexity index is 740. The zero-order valence-electron chi connectivity index (χ0n) is 13.9. The molecule has 0 saturated carbocycles. The summed E-state index contributed by atoms with van der Waals surface area (Å²) in [5.74, 6) is 2.87. The molecule has 2 nitrogen and oxygen atoms in total. The van der Waals surface area contributed by atoms with Crippen molar-refractivity contribution < 1.29 is 9.47 Å². The van der Waals surface area contributed by atoms with E-state index in [1.54, 1.807) is 0 Å². The molecule has 0 bridgehead atoms. The van der Waals surface area contributed by atoms with Crippen LogP contribution >= 0.6 is 7.26 Å². The van der Waals surface area contributed by atoms with E-state index in [0.29, 0.717) is 19.2 Å². The van der Waals surface area contributed by atoms with Crippen LogP contribution in [-0.4, -0.2) is 13.2 Å². The van der Waals surface area contributed by atoms with Crippen LogP contribution in [0.1, 0.15) is 0 Å². The lowest BCUT2D eigenvalue weighted by atomic mass is 10.4. The van der Waals surface area contributed by atoms with Crippen molar-refractivity contribution >= 4 is 23.2 Å². The molecular weight excluding hydrogens is 327 g/mol. The van der Waals surface area contributed by atoms with Crippen molar-refractivity contribution in [1.82, 2.24) is 0 Å². The fourth-order valence-electron chi connectivity index (χ4n) is 3.22. The normalized spacial score (nSPS) is 13.8. The number of hydrogen-bond acceptors (Lipinski definition) is 2. The second-order valence-electron chi connectivity index (χ2n) is 5.87. The van der Waals surface area contributed by atoms with Gasteiger partial charge >= 0.3 is 5.95 Å². The van der Waals surface area contributed by atoms with Gasteiger partial charge in [0.05, 0.1) is 0 Å². The lowest BCUT2D eigenvalue weighted by Gasteiger charge is -2.23. The maximum atomic E-state index is 5.74. The maximum Gasteiger partial charge on any atom is 0.317 e. The van der Waals surface area contributed by atoms with E-state index < -0.39 is 7.26 Å². The third kappa shape index (κ3) is 3.06. The largest absolute Gasteiger partial charge is 0.459 e. The molecule has 1 aliphatic rings. The standard InChI is InChI=1S/C22H20O2P/c1-4-10-19(11-5-1)25(18-22-23-16-17-24-22,20-12-6-2-7-13-20)21-14-8-3-9-15-21/h1-15,18H,16-17H2/q+1. The highest BCUT2D eigenvalue weighted by atomic mass is 31.2. The molecule has 1 aliphatic heterocycles. The average molecular weight is 347 g/mol. The molecule has 1 saturated heterocycles. The van der Waals surface area contributed by atoms with Crippen LogP contribution in [0.25, 0.3) is 0 Å². The first-order valence-corrected chi connectivity index (χ1v) is 10.3. The van der Waals surface area contributed by atoms with E-state index in [2.05, 4.69) is 96.8 Å². The summed E-state index contributed by atoms with van der Waals surface area (Å²) in [6, 6.07) is 32.0. The molecule has 0 radical (unpaired) electrons. The van der Waals surface area contributed by atoms with Crippen LogP contribution in [0.15, 0.2) is 103 Å². The second-order valence-corrected chi connectivity index (χ2v) is 9.13. The Labute approximate surface area is 149 Å². The summed E-state index contributed by atoms with van der Waals surface area (Å²) < 4.78 is 11.5. The summed E-state index contributed by atoms with van der Waals surface area (Å²) >= 11 is 0. The maximum absolute atomic E-state index is 5.74. The Morgan fingerprint density at radius 3 is 1.28 bits per heavy atom. The molecule has 4 rings (SSSR count). The van der Waals surface area contributed by atoms with Gasteiger partial charge in [-0.15, -0.1) is 0 Å². The predicted molar refractivity (Wildman–Crippen MR) is 105 cm³/mol. The first-order valence-electron chi connectivity index (χ1n) is 8.44. The quantitative estimate of drug-likeness (QED) is 0.668. The molecule has 0 spiro atoms. The lowest BCUT2D eigenvalue weighted by molar-refractivity contribution is 0.177. The van der Waals surface area contributed by atoms with Gasteiger partial charge in [-0.25, -0.2) is 0 Å². The highest BCUT2D eigenvalue weighted by molar-refractivity contribution is 7.98. The summed E-state index contributed by atoms with van der Waals surface area (Å²) in [4.78, 5) is 0. The third-order valence-electron chi connectivity index (χ3n) is 4.36. The van der Waals surface area contributed by atoms with Crippen LogP contribution < -0.4 is 15.9 Å². The number of ether oxygens (including phenoxy) is 2. The van der Waals surface area contributed by atoms with Crippen molar-refractivity contribution in [3.8, 4) is 0 Å². The Balaban J connectivity index is 2.03. The smallest absolute Gasteiger partial charge is 0.317 e. The van der Waals surface area contributed by atoms with Crippen molar-refractivity contribution in [2.24, 2.45) is 0 Å². The fraction of sp³-hybridized carbons (Fsp3) is 0.0909. The summed E-state index contributed by atoms with van der Waals surface area (Å²) in [7, 11) is -2.01. The van der Waals surface area contributed by atoms with E-state index in [9.17, 15) is 0 Å². The first-order chi connectivity index (χ1) is 12.4. The van der Waals surface area contributed by atoms with Gasteiger partial charge in [0.1, 0.15) is 36.4 Å². The fourth-order valence-corrected chi connectivity index (χ4v) is 6.95. The minimum atomic E-state index is -2.01. The molecule has 0 atom stereocenters. The molecule has 1 fully saturated rings. The van der Waals surface area contributed by atoms with Crippen molar-refractivity contribution in [2.45, 2.75) is 0 Å². The summed E-state index contributed by atoms with van der Waals surface area (Å²) in [5, 5.41) is 3.87. The molecular formula is C22H20O2P+.